The van der Waals surface area contributed by atoms with E-state index in [0.29, 0.717) is 16.4 Å². The average Bonchev–Trinajstić information content (AvgIpc) is 2.80. The predicted octanol–water partition coefficient (Wildman–Crippen LogP) is 2.76. The molecule has 1 aromatic carbocycles. The number of aromatic nitrogens is 3. The molecular formula is C14H17ClN4O. The van der Waals surface area contributed by atoms with E-state index in [4.69, 9.17) is 11.6 Å². The average molecular weight is 293 g/mol. The summed E-state index contributed by atoms with van der Waals surface area (Å²) in [5.74, 6) is -0.204. The molecule has 106 valence electrons. The van der Waals surface area contributed by atoms with Crippen LogP contribution in [0.2, 0.25) is 5.02 Å². The lowest BCUT2D eigenvalue weighted by Gasteiger charge is -2.10. The molecule has 0 unspecified atom stereocenters. The first-order valence-corrected chi connectivity index (χ1v) is 6.89. The number of nitrogens with zero attached hydrogens (tertiary/aromatic N) is 3. The first kappa shape index (κ1) is 14.5. The van der Waals surface area contributed by atoms with Crippen molar-refractivity contribution >= 4 is 17.5 Å². The van der Waals surface area contributed by atoms with E-state index in [9.17, 15) is 4.79 Å². The second-order valence-electron chi connectivity index (χ2n) is 4.70. The van der Waals surface area contributed by atoms with Crippen LogP contribution >= 0.6 is 11.6 Å². The van der Waals surface area contributed by atoms with Gasteiger partial charge in [-0.2, -0.15) is 0 Å². The Labute approximate surface area is 122 Å². The molecule has 0 spiro atoms. The Morgan fingerprint density at radius 1 is 1.50 bits per heavy atom. The van der Waals surface area contributed by atoms with E-state index >= 15 is 0 Å². The van der Waals surface area contributed by atoms with Gasteiger partial charge in [-0.3, -0.25) is 4.79 Å². The van der Waals surface area contributed by atoms with Crippen LogP contribution in [0, 0.1) is 6.92 Å². The molecule has 0 aliphatic carbocycles. The summed E-state index contributed by atoms with van der Waals surface area (Å²) < 4.78 is 1.61. The third-order valence-corrected chi connectivity index (χ3v) is 3.39. The molecule has 2 aromatic rings. The van der Waals surface area contributed by atoms with Crippen molar-refractivity contribution in [2.75, 3.05) is 0 Å². The number of halogens is 1. The van der Waals surface area contributed by atoms with Crippen molar-refractivity contribution in [3.8, 4) is 5.69 Å². The number of benzene rings is 1. The molecule has 0 saturated heterocycles. The van der Waals surface area contributed by atoms with Crippen LogP contribution in [0.3, 0.4) is 0 Å². The summed E-state index contributed by atoms with van der Waals surface area (Å²) in [6.07, 6.45) is 0.868. The lowest BCUT2D eigenvalue weighted by atomic mass is 10.2. The number of amides is 1. The molecule has 6 heteroatoms. The quantitative estimate of drug-likeness (QED) is 0.942. The van der Waals surface area contributed by atoms with Crippen molar-refractivity contribution < 1.29 is 4.79 Å². The molecular weight excluding hydrogens is 276 g/mol. The molecule has 0 bridgehead atoms. The first-order valence-electron chi connectivity index (χ1n) is 6.52. The molecule has 0 radical (unpaired) electrons. The van der Waals surface area contributed by atoms with Gasteiger partial charge < -0.3 is 5.32 Å². The number of nitrogens with one attached hydrogen (secondary N) is 1. The van der Waals surface area contributed by atoms with Crippen molar-refractivity contribution in [1.29, 1.82) is 0 Å². The number of rotatable bonds is 4. The molecule has 1 aromatic heterocycles. The second-order valence-corrected chi connectivity index (χ2v) is 5.13. The predicted molar refractivity (Wildman–Crippen MR) is 78.3 cm³/mol. The smallest absolute Gasteiger partial charge is 0.273 e. The highest BCUT2D eigenvalue weighted by Crippen LogP contribution is 2.16. The summed E-state index contributed by atoms with van der Waals surface area (Å²) in [5, 5.41) is 11.5. The Hall–Kier alpha value is -1.88. The summed E-state index contributed by atoms with van der Waals surface area (Å²) in [6.45, 7) is 5.78. The Balaban J connectivity index is 2.29. The van der Waals surface area contributed by atoms with Gasteiger partial charge in [-0.25, -0.2) is 4.68 Å². The maximum atomic E-state index is 12.1. The van der Waals surface area contributed by atoms with Crippen molar-refractivity contribution in [3.05, 3.63) is 40.7 Å². The van der Waals surface area contributed by atoms with Gasteiger partial charge in [0.25, 0.3) is 5.91 Å². The van der Waals surface area contributed by atoms with Crippen LogP contribution in [0.5, 0.6) is 0 Å². The van der Waals surface area contributed by atoms with E-state index in [1.54, 1.807) is 16.8 Å². The van der Waals surface area contributed by atoms with E-state index in [-0.39, 0.29) is 11.9 Å². The third-order valence-electron chi connectivity index (χ3n) is 3.15. The summed E-state index contributed by atoms with van der Waals surface area (Å²) in [6, 6.07) is 7.37. The van der Waals surface area contributed by atoms with Crippen molar-refractivity contribution in [3.63, 3.8) is 0 Å². The maximum absolute atomic E-state index is 12.1. The van der Waals surface area contributed by atoms with Gasteiger partial charge in [-0.05, 0) is 38.5 Å². The van der Waals surface area contributed by atoms with Gasteiger partial charge in [-0.1, -0.05) is 29.8 Å². The minimum Gasteiger partial charge on any atom is -0.348 e. The molecule has 5 nitrogen and oxygen atoms in total. The van der Waals surface area contributed by atoms with E-state index < -0.39 is 0 Å². The maximum Gasteiger partial charge on any atom is 0.273 e. The van der Waals surface area contributed by atoms with Gasteiger partial charge in [0.05, 0.1) is 11.4 Å². The lowest BCUT2D eigenvalue weighted by molar-refractivity contribution is 0.0933. The third kappa shape index (κ3) is 2.99. The fourth-order valence-corrected chi connectivity index (χ4v) is 1.97. The molecule has 1 atom stereocenters. The molecule has 1 heterocycles. The Bertz CT molecular complexity index is 623. The van der Waals surface area contributed by atoms with E-state index in [1.165, 1.54) is 0 Å². The van der Waals surface area contributed by atoms with Gasteiger partial charge in [-0.15, -0.1) is 5.10 Å². The highest BCUT2D eigenvalue weighted by Gasteiger charge is 2.18. The fraction of sp³-hybridized carbons (Fsp3) is 0.357. The minimum absolute atomic E-state index is 0.109. The highest BCUT2D eigenvalue weighted by atomic mass is 35.5. The molecule has 1 N–H and O–H groups in total. The molecule has 0 aliphatic heterocycles. The highest BCUT2D eigenvalue weighted by molar-refractivity contribution is 6.30. The Morgan fingerprint density at radius 3 is 2.90 bits per heavy atom. The van der Waals surface area contributed by atoms with E-state index in [0.717, 1.165) is 12.1 Å². The molecule has 20 heavy (non-hydrogen) atoms. The van der Waals surface area contributed by atoms with Crippen LogP contribution in [-0.4, -0.2) is 26.9 Å². The number of hydrogen-bond donors (Lipinski definition) is 1. The Morgan fingerprint density at radius 2 is 2.25 bits per heavy atom. The summed E-state index contributed by atoms with van der Waals surface area (Å²) in [4.78, 5) is 12.1. The van der Waals surface area contributed by atoms with Gasteiger partial charge >= 0.3 is 0 Å². The number of carbonyl (C=O) groups excluding carboxylic acids is 1. The molecule has 2 rings (SSSR count). The van der Waals surface area contributed by atoms with Crippen molar-refractivity contribution in [1.82, 2.24) is 20.3 Å². The molecule has 0 saturated carbocycles. The summed E-state index contributed by atoms with van der Waals surface area (Å²) in [5.41, 5.74) is 1.81. The standard InChI is InChI=1S/C14H17ClN4O/c1-4-9(2)16-14(20)13-10(3)19(18-17-13)12-7-5-6-11(15)8-12/h5-9H,4H2,1-3H3,(H,16,20)/t9-/m1/s1. The molecule has 0 aliphatic rings. The van der Waals surface area contributed by atoms with Crippen LogP contribution in [0.4, 0.5) is 0 Å². The number of hydrogen-bond acceptors (Lipinski definition) is 3. The van der Waals surface area contributed by atoms with Crippen molar-refractivity contribution in [2.24, 2.45) is 0 Å². The number of carbonyl (C=O) groups is 1. The monoisotopic (exact) mass is 292 g/mol. The van der Waals surface area contributed by atoms with E-state index in [2.05, 4.69) is 15.6 Å². The van der Waals surface area contributed by atoms with Crippen LogP contribution in [0.1, 0.15) is 36.5 Å². The van der Waals surface area contributed by atoms with Gasteiger partial charge in [0, 0.05) is 11.1 Å². The van der Waals surface area contributed by atoms with Crippen LogP contribution < -0.4 is 5.32 Å². The first-order chi connectivity index (χ1) is 9.52. The summed E-state index contributed by atoms with van der Waals surface area (Å²) >= 11 is 5.96. The largest absolute Gasteiger partial charge is 0.348 e. The molecule has 0 fully saturated rings. The van der Waals surface area contributed by atoms with Gasteiger partial charge in [0.15, 0.2) is 5.69 Å². The van der Waals surface area contributed by atoms with Gasteiger partial charge in [0.1, 0.15) is 0 Å². The van der Waals surface area contributed by atoms with E-state index in [1.807, 2.05) is 32.9 Å². The zero-order valence-corrected chi connectivity index (χ0v) is 12.5. The van der Waals surface area contributed by atoms with Gasteiger partial charge in [0.2, 0.25) is 0 Å². The van der Waals surface area contributed by atoms with Crippen LogP contribution in [0.25, 0.3) is 5.69 Å². The Kier molecular flexibility index (Phi) is 4.39. The summed E-state index contributed by atoms with van der Waals surface area (Å²) in [7, 11) is 0. The molecule has 1 amide bonds. The van der Waals surface area contributed by atoms with Crippen LogP contribution in [0.15, 0.2) is 24.3 Å². The fourth-order valence-electron chi connectivity index (χ4n) is 1.79. The zero-order valence-electron chi connectivity index (χ0n) is 11.7. The second kappa shape index (κ2) is 6.05. The SMILES string of the molecule is CC[C@@H](C)NC(=O)c1nnn(-c2cccc(Cl)c2)c1C. The zero-order chi connectivity index (χ0) is 14.7. The minimum atomic E-state index is -0.204. The van der Waals surface area contributed by atoms with Crippen LogP contribution in [-0.2, 0) is 0 Å². The normalized spacial score (nSPS) is 12.2. The van der Waals surface area contributed by atoms with Crippen molar-refractivity contribution in [2.45, 2.75) is 33.2 Å². The lowest BCUT2D eigenvalue weighted by Crippen LogP contribution is -2.32. The topological polar surface area (TPSA) is 59.8 Å².